The molecule has 2 N–H and O–H groups in total. The van der Waals surface area contributed by atoms with Crippen molar-refractivity contribution in [1.29, 1.82) is 0 Å². The summed E-state index contributed by atoms with van der Waals surface area (Å²) in [6.07, 6.45) is 1.89. The van der Waals surface area contributed by atoms with Crippen molar-refractivity contribution >= 4 is 28.3 Å². The molecule has 0 aromatic heterocycles. The number of hydrogen-bond donors (Lipinski definition) is 2. The number of carbonyl (C=O) groups is 1. The predicted octanol–water partition coefficient (Wildman–Crippen LogP) is -0.0354. The lowest BCUT2D eigenvalue weighted by Gasteiger charge is -2.34. The minimum absolute atomic E-state index is 0. The number of amides is 1. The summed E-state index contributed by atoms with van der Waals surface area (Å²) >= 11 is 0. The first-order valence-electron chi connectivity index (χ1n) is 7.36. The van der Waals surface area contributed by atoms with Gasteiger partial charge >= 0.3 is 0 Å². The molecule has 1 aliphatic heterocycles. The summed E-state index contributed by atoms with van der Waals surface area (Å²) in [4.78, 5) is 12.3. The molecule has 0 atom stereocenters. The first-order chi connectivity index (χ1) is 9.88. The van der Waals surface area contributed by atoms with Crippen molar-refractivity contribution in [2.24, 2.45) is 0 Å². The Labute approximate surface area is 139 Å². The zero-order chi connectivity index (χ0) is 15.9. The highest BCUT2D eigenvalue weighted by atomic mass is 35.5. The Balaban J connectivity index is 0.00000441. The van der Waals surface area contributed by atoms with Crippen LogP contribution in [-0.2, 0) is 19.6 Å². The number of methoxy groups -OCH3 is 1. The van der Waals surface area contributed by atoms with Crippen LogP contribution in [0.4, 0.5) is 0 Å². The maximum atomic E-state index is 12.3. The SMILES string of the molecule is CCS(=O)(=O)N(C)CCCNC(=O)C1(OC)CCNCC1.Cl. The maximum Gasteiger partial charge on any atom is 0.252 e. The van der Waals surface area contributed by atoms with Crippen LogP contribution in [0.5, 0.6) is 0 Å². The highest BCUT2D eigenvalue weighted by Gasteiger charge is 2.39. The molecule has 1 fully saturated rings. The van der Waals surface area contributed by atoms with Gasteiger partial charge < -0.3 is 15.4 Å². The van der Waals surface area contributed by atoms with Crippen molar-refractivity contribution in [2.45, 2.75) is 31.8 Å². The first kappa shape index (κ1) is 21.6. The molecule has 1 rings (SSSR count). The van der Waals surface area contributed by atoms with E-state index in [0.29, 0.717) is 32.4 Å². The molecule has 0 unspecified atom stereocenters. The summed E-state index contributed by atoms with van der Waals surface area (Å²) < 4.78 is 29.9. The number of nitrogens with zero attached hydrogens (tertiary/aromatic N) is 1. The zero-order valence-corrected chi connectivity index (χ0v) is 15.2. The van der Waals surface area contributed by atoms with Gasteiger partial charge in [-0.05, 0) is 39.3 Å². The fourth-order valence-electron chi connectivity index (χ4n) is 2.38. The van der Waals surface area contributed by atoms with Crippen molar-refractivity contribution < 1.29 is 17.9 Å². The van der Waals surface area contributed by atoms with E-state index in [0.717, 1.165) is 13.1 Å². The van der Waals surface area contributed by atoms with Crippen LogP contribution >= 0.6 is 12.4 Å². The molecular weight excluding hydrogens is 330 g/mol. The Morgan fingerprint density at radius 3 is 2.45 bits per heavy atom. The Hall–Kier alpha value is -0.410. The first-order valence-corrected chi connectivity index (χ1v) is 8.97. The average Bonchev–Trinajstić information content (AvgIpc) is 2.51. The van der Waals surface area contributed by atoms with E-state index in [2.05, 4.69) is 10.6 Å². The molecule has 1 aliphatic rings. The van der Waals surface area contributed by atoms with Crippen LogP contribution in [0.25, 0.3) is 0 Å². The molecule has 0 bridgehead atoms. The topological polar surface area (TPSA) is 87.7 Å². The van der Waals surface area contributed by atoms with Crippen LogP contribution in [0.15, 0.2) is 0 Å². The lowest BCUT2D eigenvalue weighted by atomic mass is 9.91. The second kappa shape index (κ2) is 9.67. The van der Waals surface area contributed by atoms with Crippen molar-refractivity contribution in [1.82, 2.24) is 14.9 Å². The third-order valence-corrected chi connectivity index (χ3v) is 5.85. The Kier molecular flexibility index (Phi) is 9.49. The van der Waals surface area contributed by atoms with E-state index >= 15 is 0 Å². The van der Waals surface area contributed by atoms with Gasteiger partial charge in [-0.15, -0.1) is 12.4 Å². The monoisotopic (exact) mass is 357 g/mol. The van der Waals surface area contributed by atoms with Crippen molar-refractivity contribution in [2.75, 3.05) is 46.1 Å². The molecule has 7 nitrogen and oxygen atoms in total. The second-order valence-electron chi connectivity index (χ2n) is 5.28. The summed E-state index contributed by atoms with van der Waals surface area (Å²) in [5.74, 6) is -0.0113. The van der Waals surface area contributed by atoms with E-state index in [1.165, 1.54) is 4.31 Å². The minimum atomic E-state index is -3.15. The normalized spacial score (nSPS) is 17.8. The van der Waals surface area contributed by atoms with E-state index in [4.69, 9.17) is 4.74 Å². The molecule has 0 radical (unpaired) electrons. The van der Waals surface area contributed by atoms with E-state index < -0.39 is 15.6 Å². The van der Waals surface area contributed by atoms with Crippen molar-refractivity contribution in [3.8, 4) is 0 Å². The second-order valence-corrected chi connectivity index (χ2v) is 7.64. The van der Waals surface area contributed by atoms with Gasteiger partial charge in [-0.3, -0.25) is 4.79 Å². The molecule has 0 saturated carbocycles. The number of hydrogen-bond acceptors (Lipinski definition) is 5. The van der Waals surface area contributed by atoms with Gasteiger partial charge in [0.25, 0.3) is 5.91 Å². The highest BCUT2D eigenvalue weighted by molar-refractivity contribution is 7.89. The van der Waals surface area contributed by atoms with Crippen LogP contribution in [0.3, 0.4) is 0 Å². The van der Waals surface area contributed by atoms with Crippen LogP contribution < -0.4 is 10.6 Å². The van der Waals surface area contributed by atoms with Gasteiger partial charge in [0.15, 0.2) is 0 Å². The number of ether oxygens (including phenoxy) is 1. The van der Waals surface area contributed by atoms with Crippen LogP contribution in [-0.4, -0.2) is 70.3 Å². The molecule has 0 aromatic rings. The van der Waals surface area contributed by atoms with E-state index in [9.17, 15) is 13.2 Å². The molecule has 0 spiro atoms. The van der Waals surface area contributed by atoms with Gasteiger partial charge in [0.1, 0.15) is 5.60 Å². The summed E-state index contributed by atoms with van der Waals surface area (Å²) in [7, 11) is -0.0268. The Bertz CT molecular complexity index is 439. The minimum Gasteiger partial charge on any atom is -0.368 e. The fourth-order valence-corrected chi connectivity index (χ4v) is 3.23. The molecule has 9 heteroatoms. The highest BCUT2D eigenvalue weighted by Crippen LogP contribution is 2.22. The quantitative estimate of drug-likeness (QED) is 0.595. The lowest BCUT2D eigenvalue weighted by molar-refractivity contribution is -0.146. The van der Waals surface area contributed by atoms with E-state index in [1.54, 1.807) is 21.1 Å². The van der Waals surface area contributed by atoms with Gasteiger partial charge in [-0.2, -0.15) is 0 Å². The van der Waals surface area contributed by atoms with Gasteiger partial charge in [-0.25, -0.2) is 12.7 Å². The summed E-state index contributed by atoms with van der Waals surface area (Å²) in [5, 5.41) is 6.06. The molecule has 1 saturated heterocycles. The third kappa shape index (κ3) is 5.66. The molecule has 1 amide bonds. The summed E-state index contributed by atoms with van der Waals surface area (Å²) in [6.45, 7) is 3.99. The van der Waals surface area contributed by atoms with Crippen molar-refractivity contribution in [3.05, 3.63) is 0 Å². The number of carbonyl (C=O) groups excluding carboxylic acids is 1. The van der Waals surface area contributed by atoms with Crippen molar-refractivity contribution in [3.63, 3.8) is 0 Å². The fraction of sp³-hybridized carbons (Fsp3) is 0.923. The summed E-state index contributed by atoms with van der Waals surface area (Å²) in [6, 6.07) is 0. The average molecular weight is 358 g/mol. The molecule has 132 valence electrons. The Morgan fingerprint density at radius 2 is 1.95 bits per heavy atom. The molecule has 1 heterocycles. The zero-order valence-electron chi connectivity index (χ0n) is 13.6. The molecule has 22 heavy (non-hydrogen) atoms. The van der Waals surface area contributed by atoms with Crippen LogP contribution in [0.2, 0.25) is 0 Å². The lowest BCUT2D eigenvalue weighted by Crippen LogP contribution is -2.54. The smallest absolute Gasteiger partial charge is 0.252 e. The number of rotatable bonds is 8. The molecule has 0 aromatic carbocycles. The molecule has 0 aliphatic carbocycles. The van der Waals surface area contributed by atoms with Crippen LogP contribution in [0, 0.1) is 0 Å². The van der Waals surface area contributed by atoms with Crippen LogP contribution in [0.1, 0.15) is 26.2 Å². The van der Waals surface area contributed by atoms with E-state index in [-0.39, 0.29) is 24.1 Å². The molecular formula is C13H28ClN3O4S. The van der Waals surface area contributed by atoms with Gasteiger partial charge in [0.05, 0.1) is 5.75 Å². The third-order valence-electron chi connectivity index (χ3n) is 3.99. The van der Waals surface area contributed by atoms with E-state index in [1.807, 2.05) is 0 Å². The number of piperidine rings is 1. The predicted molar refractivity (Wildman–Crippen MR) is 88.8 cm³/mol. The number of halogens is 1. The standard InChI is InChI=1S/C13H27N3O4S.ClH/c1-4-21(18,19)16(2)11-5-8-15-12(17)13(20-3)6-9-14-10-7-13;/h14H,4-11H2,1-3H3,(H,15,17);1H. The van der Waals surface area contributed by atoms with Gasteiger partial charge in [0, 0.05) is 27.2 Å². The van der Waals surface area contributed by atoms with Gasteiger partial charge in [0.2, 0.25) is 10.0 Å². The maximum absolute atomic E-state index is 12.3. The Morgan fingerprint density at radius 1 is 1.36 bits per heavy atom. The number of sulfonamides is 1. The summed E-state index contributed by atoms with van der Waals surface area (Å²) in [5.41, 5.74) is -0.743. The largest absolute Gasteiger partial charge is 0.368 e. The number of nitrogens with one attached hydrogen (secondary N) is 2. The van der Waals surface area contributed by atoms with Gasteiger partial charge in [-0.1, -0.05) is 0 Å².